The molecule has 0 radical (unpaired) electrons. The summed E-state index contributed by atoms with van der Waals surface area (Å²) < 4.78 is 0. The van der Waals surface area contributed by atoms with Crippen LogP contribution in [0.5, 0.6) is 0 Å². The van der Waals surface area contributed by atoms with Crippen LogP contribution in [0.4, 0.5) is 0 Å². The van der Waals surface area contributed by atoms with Gasteiger partial charge in [-0.25, -0.2) is 0 Å². The molecule has 0 fully saturated rings. The predicted octanol–water partition coefficient (Wildman–Crippen LogP) is 2.82. The summed E-state index contributed by atoms with van der Waals surface area (Å²) >= 11 is 1.42. The summed E-state index contributed by atoms with van der Waals surface area (Å²) in [5, 5.41) is 11.8. The molecule has 100 valence electrons. The average molecular weight is 269 g/mol. The molecule has 1 aromatic rings. The molecule has 18 heavy (non-hydrogen) atoms. The van der Waals surface area contributed by atoms with Crippen LogP contribution in [0.3, 0.4) is 0 Å². The molecule has 0 aliphatic heterocycles. The minimum absolute atomic E-state index is 0.0455. The van der Waals surface area contributed by atoms with Gasteiger partial charge in [0.1, 0.15) is 0 Å². The number of rotatable bonds is 6. The lowest BCUT2D eigenvalue weighted by Crippen LogP contribution is -2.48. The maximum atomic E-state index is 12.1. The van der Waals surface area contributed by atoms with Gasteiger partial charge in [0.2, 0.25) is 0 Å². The van der Waals surface area contributed by atoms with E-state index in [1.165, 1.54) is 11.3 Å². The van der Waals surface area contributed by atoms with Crippen LogP contribution in [0.25, 0.3) is 0 Å². The molecular weight excluding hydrogens is 250 g/mol. The molecule has 1 aromatic heterocycles. The molecule has 5 heteroatoms. The Hall–Kier alpha value is -1.36. The molecule has 4 nitrogen and oxygen atoms in total. The number of amides is 1. The Morgan fingerprint density at radius 3 is 2.33 bits per heavy atom. The molecule has 0 spiro atoms. The molecule has 0 unspecified atom stereocenters. The highest BCUT2D eigenvalue weighted by atomic mass is 32.1. The molecule has 2 N–H and O–H groups in total. The summed E-state index contributed by atoms with van der Waals surface area (Å²) in [5.74, 6) is -1.07. The third-order valence-electron chi connectivity index (χ3n) is 3.19. The summed E-state index contributed by atoms with van der Waals surface area (Å²) in [7, 11) is 0. The number of carboxylic acid groups (broad SMARTS) is 1. The van der Waals surface area contributed by atoms with Crippen molar-refractivity contribution in [3.05, 3.63) is 21.9 Å². The van der Waals surface area contributed by atoms with Gasteiger partial charge in [0.05, 0.1) is 16.8 Å². The number of aliphatic carboxylic acids is 1. The van der Waals surface area contributed by atoms with Crippen LogP contribution in [0.2, 0.25) is 0 Å². The van der Waals surface area contributed by atoms with E-state index in [1.807, 2.05) is 26.8 Å². The normalized spacial score (nSPS) is 11.3. The number of carbonyl (C=O) groups is 2. The number of carbonyl (C=O) groups excluding carboxylic acids is 1. The van der Waals surface area contributed by atoms with Crippen LogP contribution < -0.4 is 5.32 Å². The van der Waals surface area contributed by atoms with Crippen molar-refractivity contribution in [1.29, 1.82) is 0 Å². The lowest BCUT2D eigenvalue weighted by atomic mass is 9.89. The van der Waals surface area contributed by atoms with Crippen LogP contribution >= 0.6 is 11.3 Å². The largest absolute Gasteiger partial charge is 0.481 e. The Bertz CT molecular complexity index is 435. The second kappa shape index (κ2) is 6.00. The Kier molecular flexibility index (Phi) is 4.90. The zero-order chi connectivity index (χ0) is 13.8. The van der Waals surface area contributed by atoms with Crippen molar-refractivity contribution in [2.45, 2.75) is 45.6 Å². The molecule has 1 amide bonds. The zero-order valence-electron chi connectivity index (χ0n) is 10.9. The van der Waals surface area contributed by atoms with Crippen LogP contribution in [0.15, 0.2) is 12.1 Å². The molecule has 0 aliphatic rings. The van der Waals surface area contributed by atoms with Gasteiger partial charge in [0, 0.05) is 4.88 Å². The summed E-state index contributed by atoms with van der Waals surface area (Å²) in [6.07, 6.45) is 1.16. The first-order valence-corrected chi connectivity index (χ1v) is 6.85. The van der Waals surface area contributed by atoms with Gasteiger partial charge in [-0.15, -0.1) is 11.3 Å². The lowest BCUT2D eigenvalue weighted by Gasteiger charge is -2.31. The van der Waals surface area contributed by atoms with E-state index in [1.54, 1.807) is 6.07 Å². The van der Waals surface area contributed by atoms with Gasteiger partial charge in [0.15, 0.2) is 0 Å². The molecular formula is C13H19NO3S. The first-order valence-electron chi connectivity index (χ1n) is 6.03. The van der Waals surface area contributed by atoms with Crippen molar-refractivity contribution >= 4 is 23.2 Å². The van der Waals surface area contributed by atoms with E-state index in [0.717, 1.165) is 4.88 Å². The first kappa shape index (κ1) is 14.7. The van der Waals surface area contributed by atoms with Crippen LogP contribution in [-0.4, -0.2) is 22.5 Å². The lowest BCUT2D eigenvalue weighted by molar-refractivity contribution is -0.138. The number of carboxylic acids is 1. The summed E-state index contributed by atoms with van der Waals surface area (Å²) in [6.45, 7) is 5.73. The monoisotopic (exact) mass is 269 g/mol. The molecule has 0 aromatic carbocycles. The SMILES string of the molecule is CCC(CC)(CC(=O)O)NC(=O)c1ccc(C)s1. The van der Waals surface area contributed by atoms with Crippen molar-refractivity contribution in [2.75, 3.05) is 0 Å². The molecule has 1 heterocycles. The zero-order valence-corrected chi connectivity index (χ0v) is 11.8. The fourth-order valence-electron chi connectivity index (χ4n) is 1.87. The number of aryl methyl sites for hydroxylation is 1. The maximum Gasteiger partial charge on any atom is 0.305 e. The first-order chi connectivity index (χ1) is 8.42. The van der Waals surface area contributed by atoms with E-state index in [0.29, 0.717) is 17.7 Å². The van der Waals surface area contributed by atoms with Crippen LogP contribution in [0, 0.1) is 6.92 Å². The van der Waals surface area contributed by atoms with Gasteiger partial charge in [0.25, 0.3) is 5.91 Å². The fraction of sp³-hybridized carbons (Fsp3) is 0.538. The molecule has 0 aliphatic carbocycles. The highest BCUT2D eigenvalue weighted by Crippen LogP contribution is 2.22. The second-order valence-corrected chi connectivity index (χ2v) is 5.71. The van der Waals surface area contributed by atoms with Gasteiger partial charge in [-0.3, -0.25) is 9.59 Å². The summed E-state index contributed by atoms with van der Waals surface area (Å²) in [4.78, 5) is 24.7. The average Bonchev–Trinajstić information content (AvgIpc) is 2.74. The minimum atomic E-state index is -0.888. The minimum Gasteiger partial charge on any atom is -0.481 e. The fourth-order valence-corrected chi connectivity index (χ4v) is 2.63. The number of nitrogens with one attached hydrogen (secondary N) is 1. The van der Waals surface area contributed by atoms with Crippen molar-refractivity contribution in [2.24, 2.45) is 0 Å². The van der Waals surface area contributed by atoms with E-state index >= 15 is 0 Å². The van der Waals surface area contributed by atoms with Gasteiger partial charge in [-0.1, -0.05) is 13.8 Å². The molecule has 0 bridgehead atoms. The molecule has 1 rings (SSSR count). The highest BCUT2D eigenvalue weighted by molar-refractivity contribution is 7.13. The quantitative estimate of drug-likeness (QED) is 0.834. The van der Waals surface area contributed by atoms with Gasteiger partial charge >= 0.3 is 5.97 Å². The number of hydrogen-bond acceptors (Lipinski definition) is 3. The summed E-state index contributed by atoms with van der Waals surface area (Å²) in [5.41, 5.74) is -0.652. The summed E-state index contributed by atoms with van der Waals surface area (Å²) in [6, 6.07) is 3.66. The number of thiophene rings is 1. The Balaban J connectivity index is 2.83. The van der Waals surface area contributed by atoms with Crippen LogP contribution in [0.1, 0.15) is 47.7 Å². The van der Waals surface area contributed by atoms with E-state index in [4.69, 9.17) is 5.11 Å². The van der Waals surface area contributed by atoms with Gasteiger partial charge < -0.3 is 10.4 Å². The Morgan fingerprint density at radius 1 is 1.33 bits per heavy atom. The van der Waals surface area contributed by atoms with E-state index < -0.39 is 11.5 Å². The third-order valence-corrected chi connectivity index (χ3v) is 4.19. The van der Waals surface area contributed by atoms with Crippen molar-refractivity contribution in [1.82, 2.24) is 5.32 Å². The maximum absolute atomic E-state index is 12.1. The highest BCUT2D eigenvalue weighted by Gasteiger charge is 2.31. The Morgan fingerprint density at radius 2 is 1.94 bits per heavy atom. The standard InChI is InChI=1S/C13H19NO3S/c1-4-13(5-2,8-11(15)16)14-12(17)10-7-6-9(3)18-10/h6-7H,4-5,8H2,1-3H3,(H,14,17)(H,15,16). The molecule has 0 saturated heterocycles. The van der Waals surface area contributed by atoms with Crippen molar-refractivity contribution < 1.29 is 14.7 Å². The molecule has 0 atom stereocenters. The Labute approximate surface area is 111 Å². The van der Waals surface area contributed by atoms with Gasteiger partial charge in [-0.2, -0.15) is 0 Å². The van der Waals surface area contributed by atoms with Crippen molar-refractivity contribution in [3.8, 4) is 0 Å². The van der Waals surface area contributed by atoms with Crippen molar-refractivity contribution in [3.63, 3.8) is 0 Å². The smallest absolute Gasteiger partial charge is 0.305 e. The van der Waals surface area contributed by atoms with Crippen LogP contribution in [-0.2, 0) is 4.79 Å². The second-order valence-electron chi connectivity index (χ2n) is 4.42. The van der Waals surface area contributed by atoms with E-state index in [2.05, 4.69) is 5.32 Å². The predicted molar refractivity (Wildman–Crippen MR) is 72.1 cm³/mol. The topological polar surface area (TPSA) is 66.4 Å². The van der Waals surface area contributed by atoms with E-state index in [9.17, 15) is 9.59 Å². The number of hydrogen-bond donors (Lipinski definition) is 2. The van der Waals surface area contributed by atoms with E-state index in [-0.39, 0.29) is 12.3 Å². The van der Waals surface area contributed by atoms with Gasteiger partial charge in [-0.05, 0) is 31.9 Å². The molecule has 0 saturated carbocycles. The third kappa shape index (κ3) is 3.57.